The average molecular weight is 450 g/mol. The van der Waals surface area contributed by atoms with Crippen LogP contribution >= 0.6 is 11.3 Å². The van der Waals surface area contributed by atoms with Gasteiger partial charge in [0, 0.05) is 37.0 Å². The van der Waals surface area contributed by atoms with Crippen LogP contribution in [-0.2, 0) is 11.2 Å². The van der Waals surface area contributed by atoms with Crippen LogP contribution in [0.1, 0.15) is 23.0 Å². The lowest BCUT2D eigenvalue weighted by Crippen LogP contribution is -2.39. The molecule has 0 saturated carbocycles. The zero-order valence-electron chi connectivity index (χ0n) is 17.8. The molecule has 0 spiro atoms. The summed E-state index contributed by atoms with van der Waals surface area (Å²) in [4.78, 5) is 25.2. The van der Waals surface area contributed by atoms with Gasteiger partial charge in [0.1, 0.15) is 17.9 Å². The SMILES string of the molecule is COCCOc1cnccc1-c1[nH]c2c(c1Nc1cccc3scnc13)C(=O)N[C@H](C)C2. The Kier molecular flexibility index (Phi) is 5.50. The van der Waals surface area contributed by atoms with Crippen molar-refractivity contribution in [1.82, 2.24) is 20.3 Å². The summed E-state index contributed by atoms with van der Waals surface area (Å²) in [6.07, 6.45) is 4.10. The van der Waals surface area contributed by atoms with Gasteiger partial charge >= 0.3 is 0 Å². The minimum absolute atomic E-state index is 0.0474. The Morgan fingerprint density at radius 3 is 3.06 bits per heavy atom. The van der Waals surface area contributed by atoms with E-state index < -0.39 is 0 Å². The number of amides is 1. The largest absolute Gasteiger partial charge is 0.489 e. The molecule has 0 fully saturated rings. The number of hydrogen-bond donors (Lipinski definition) is 3. The van der Waals surface area contributed by atoms with Gasteiger partial charge < -0.3 is 25.1 Å². The van der Waals surface area contributed by atoms with E-state index in [4.69, 9.17) is 9.47 Å². The van der Waals surface area contributed by atoms with E-state index in [9.17, 15) is 4.79 Å². The lowest BCUT2D eigenvalue weighted by atomic mass is 10.0. The molecule has 1 aliphatic rings. The summed E-state index contributed by atoms with van der Waals surface area (Å²) in [5, 5.41) is 6.54. The molecule has 32 heavy (non-hydrogen) atoms. The minimum Gasteiger partial charge on any atom is -0.489 e. The van der Waals surface area contributed by atoms with Crippen LogP contribution in [0.25, 0.3) is 21.5 Å². The number of nitrogens with one attached hydrogen (secondary N) is 3. The quantitative estimate of drug-likeness (QED) is 0.367. The molecule has 1 amide bonds. The summed E-state index contributed by atoms with van der Waals surface area (Å²) >= 11 is 1.58. The van der Waals surface area contributed by atoms with Gasteiger partial charge in [-0.25, -0.2) is 4.98 Å². The number of nitrogens with zero attached hydrogens (tertiary/aromatic N) is 2. The molecule has 0 saturated heterocycles. The molecule has 4 heterocycles. The van der Waals surface area contributed by atoms with Crippen molar-refractivity contribution < 1.29 is 14.3 Å². The zero-order valence-corrected chi connectivity index (χ0v) is 18.6. The maximum atomic E-state index is 13.0. The average Bonchev–Trinajstić information content (AvgIpc) is 3.40. The van der Waals surface area contributed by atoms with Crippen molar-refractivity contribution in [1.29, 1.82) is 0 Å². The molecule has 9 heteroatoms. The number of carbonyl (C=O) groups is 1. The maximum Gasteiger partial charge on any atom is 0.255 e. The summed E-state index contributed by atoms with van der Waals surface area (Å²) < 4.78 is 12.1. The van der Waals surface area contributed by atoms with Gasteiger partial charge in [0.2, 0.25) is 0 Å². The van der Waals surface area contributed by atoms with Gasteiger partial charge in [-0.3, -0.25) is 9.78 Å². The summed E-state index contributed by atoms with van der Waals surface area (Å²) in [6, 6.07) is 7.92. The second-order valence-corrected chi connectivity index (χ2v) is 8.54. The lowest BCUT2D eigenvalue weighted by molar-refractivity contribution is 0.0930. The van der Waals surface area contributed by atoms with Gasteiger partial charge in [-0.05, 0) is 25.1 Å². The van der Waals surface area contributed by atoms with E-state index >= 15 is 0 Å². The summed E-state index contributed by atoms with van der Waals surface area (Å²) in [7, 11) is 1.63. The summed E-state index contributed by atoms with van der Waals surface area (Å²) in [5.74, 6) is 0.511. The highest BCUT2D eigenvalue weighted by Gasteiger charge is 2.31. The Hall–Kier alpha value is -3.43. The van der Waals surface area contributed by atoms with E-state index in [1.165, 1.54) is 0 Å². The molecule has 5 rings (SSSR count). The Morgan fingerprint density at radius 2 is 2.19 bits per heavy atom. The molecule has 8 nitrogen and oxygen atoms in total. The van der Waals surface area contributed by atoms with E-state index in [1.807, 2.05) is 36.7 Å². The summed E-state index contributed by atoms with van der Waals surface area (Å²) in [6.45, 7) is 2.86. The van der Waals surface area contributed by atoms with E-state index in [0.717, 1.165) is 32.9 Å². The first-order chi connectivity index (χ1) is 15.7. The first-order valence-corrected chi connectivity index (χ1v) is 11.2. The molecule has 164 valence electrons. The third-order valence-electron chi connectivity index (χ3n) is 5.41. The number of pyridine rings is 1. The number of rotatable bonds is 7. The number of carbonyl (C=O) groups excluding carboxylic acids is 1. The van der Waals surface area contributed by atoms with Crippen LogP contribution in [0.3, 0.4) is 0 Å². The standard InChI is InChI=1S/C23H23N5O3S/c1-13-10-16-19(23(29)26-13)22(27-15-4-3-5-18-21(15)25-12-32-18)20(28-16)14-6-7-24-11-17(14)31-9-8-30-2/h3-7,11-13,27-28H,8-10H2,1-2H3,(H,26,29)/t13-/m1/s1. The predicted octanol–water partition coefficient (Wildman–Crippen LogP) is 4.13. The number of thiazole rings is 1. The number of para-hydroxylation sites is 1. The number of aromatic amines is 1. The molecule has 0 aliphatic carbocycles. The smallest absolute Gasteiger partial charge is 0.255 e. The lowest BCUT2D eigenvalue weighted by Gasteiger charge is -2.20. The first-order valence-electron chi connectivity index (χ1n) is 10.4. The zero-order chi connectivity index (χ0) is 22.1. The number of aromatic nitrogens is 3. The number of fused-ring (bicyclic) bond motifs is 2. The molecule has 4 aromatic rings. The number of H-pyrrole nitrogens is 1. The highest BCUT2D eigenvalue weighted by atomic mass is 32.1. The highest BCUT2D eigenvalue weighted by Crippen LogP contribution is 2.41. The molecule has 1 aromatic carbocycles. The van der Waals surface area contributed by atoms with Crippen LogP contribution in [0.4, 0.5) is 11.4 Å². The molecule has 0 bridgehead atoms. The summed E-state index contributed by atoms with van der Waals surface area (Å²) in [5.41, 5.74) is 7.34. The predicted molar refractivity (Wildman–Crippen MR) is 125 cm³/mol. The van der Waals surface area contributed by atoms with Crippen molar-refractivity contribution in [3.8, 4) is 17.0 Å². The van der Waals surface area contributed by atoms with Crippen LogP contribution in [-0.4, -0.2) is 47.2 Å². The van der Waals surface area contributed by atoms with Crippen molar-refractivity contribution in [2.24, 2.45) is 0 Å². The Morgan fingerprint density at radius 1 is 1.28 bits per heavy atom. The molecular weight excluding hydrogens is 426 g/mol. The highest BCUT2D eigenvalue weighted by molar-refractivity contribution is 7.16. The van der Waals surface area contributed by atoms with Crippen molar-refractivity contribution in [3.05, 3.63) is 53.4 Å². The van der Waals surface area contributed by atoms with Gasteiger partial charge in [-0.15, -0.1) is 11.3 Å². The molecule has 1 aliphatic heterocycles. The molecule has 3 aromatic heterocycles. The number of hydrogen-bond acceptors (Lipinski definition) is 7. The topological polar surface area (TPSA) is 101 Å². The van der Waals surface area contributed by atoms with Crippen molar-refractivity contribution in [2.45, 2.75) is 19.4 Å². The number of methoxy groups -OCH3 is 1. The van der Waals surface area contributed by atoms with Crippen LogP contribution in [0.2, 0.25) is 0 Å². The third kappa shape index (κ3) is 3.69. The molecule has 1 atom stereocenters. The van der Waals surface area contributed by atoms with Crippen molar-refractivity contribution in [3.63, 3.8) is 0 Å². The van der Waals surface area contributed by atoms with Crippen LogP contribution in [0, 0.1) is 0 Å². The normalized spacial score (nSPS) is 15.4. The van der Waals surface area contributed by atoms with Gasteiger partial charge in [-0.2, -0.15) is 0 Å². The molecule has 0 radical (unpaired) electrons. The number of anilines is 2. The van der Waals surface area contributed by atoms with Crippen LogP contribution in [0.15, 0.2) is 42.2 Å². The third-order valence-corrected chi connectivity index (χ3v) is 6.21. The van der Waals surface area contributed by atoms with Gasteiger partial charge in [-0.1, -0.05) is 6.07 Å². The first kappa shape index (κ1) is 20.5. The minimum atomic E-state index is -0.106. The van der Waals surface area contributed by atoms with E-state index in [0.29, 0.717) is 36.6 Å². The van der Waals surface area contributed by atoms with Gasteiger partial charge in [0.25, 0.3) is 5.91 Å². The molecule has 3 N–H and O–H groups in total. The second-order valence-electron chi connectivity index (χ2n) is 7.65. The van der Waals surface area contributed by atoms with E-state index in [1.54, 1.807) is 30.8 Å². The van der Waals surface area contributed by atoms with Crippen molar-refractivity contribution >= 4 is 38.8 Å². The Balaban J connectivity index is 1.65. The Labute approximate surface area is 189 Å². The van der Waals surface area contributed by atoms with Crippen molar-refractivity contribution in [2.75, 3.05) is 25.6 Å². The van der Waals surface area contributed by atoms with Gasteiger partial charge in [0.05, 0.1) is 45.6 Å². The van der Waals surface area contributed by atoms with Crippen LogP contribution < -0.4 is 15.4 Å². The van der Waals surface area contributed by atoms with E-state index in [-0.39, 0.29) is 11.9 Å². The fourth-order valence-electron chi connectivity index (χ4n) is 3.99. The fraction of sp³-hybridized carbons (Fsp3) is 0.261. The monoisotopic (exact) mass is 449 g/mol. The molecule has 0 unspecified atom stereocenters. The fourth-order valence-corrected chi connectivity index (χ4v) is 4.70. The van der Waals surface area contributed by atoms with Gasteiger partial charge in [0.15, 0.2) is 0 Å². The van der Waals surface area contributed by atoms with E-state index in [2.05, 4.69) is 25.6 Å². The Bertz CT molecular complexity index is 1280. The number of ether oxygens (including phenoxy) is 2. The molecular formula is C23H23N5O3S. The second kappa shape index (κ2) is 8.60. The maximum absolute atomic E-state index is 13.0. The van der Waals surface area contributed by atoms with Crippen LogP contribution in [0.5, 0.6) is 5.75 Å². The number of benzene rings is 1.